The predicted octanol–water partition coefficient (Wildman–Crippen LogP) is 1.43. The minimum atomic E-state index is -0.170. The van der Waals surface area contributed by atoms with Gasteiger partial charge in [-0.1, -0.05) is 6.92 Å². The Morgan fingerprint density at radius 2 is 2.36 bits per heavy atom. The topological polar surface area (TPSA) is 43.2 Å². The number of halogens is 1. The van der Waals surface area contributed by atoms with Gasteiger partial charge in [0.1, 0.15) is 12.3 Å². The van der Waals surface area contributed by atoms with Gasteiger partial charge in [-0.05, 0) is 23.9 Å². The molecule has 0 amide bonds. The normalized spacial score (nSPS) is 31.3. The van der Waals surface area contributed by atoms with Crippen molar-refractivity contribution in [1.29, 1.82) is 0 Å². The van der Waals surface area contributed by atoms with E-state index in [1.165, 1.54) is 0 Å². The summed E-state index contributed by atoms with van der Waals surface area (Å²) < 4.78 is 10.9. The molecule has 1 saturated heterocycles. The van der Waals surface area contributed by atoms with E-state index in [-0.39, 0.29) is 17.6 Å². The van der Waals surface area contributed by atoms with Crippen LogP contribution in [0.3, 0.4) is 0 Å². The maximum atomic E-state index is 5.71. The Morgan fingerprint density at radius 1 is 1.57 bits per heavy atom. The SMILES string of the molecule is CC1CC=NC(Cl)=NCOC12COC2. The number of hydrogen-bond acceptors (Lipinski definition) is 4. The molecule has 0 aliphatic carbocycles. The zero-order valence-corrected chi connectivity index (χ0v) is 8.83. The third-order valence-corrected chi connectivity index (χ3v) is 3.01. The van der Waals surface area contributed by atoms with Crippen molar-refractivity contribution in [2.75, 3.05) is 19.9 Å². The third-order valence-electron chi connectivity index (χ3n) is 2.79. The second-order valence-corrected chi connectivity index (χ2v) is 4.04. The fourth-order valence-corrected chi connectivity index (χ4v) is 1.69. The lowest BCUT2D eigenvalue weighted by molar-refractivity contribution is -0.231. The van der Waals surface area contributed by atoms with Crippen LogP contribution in [0.4, 0.5) is 0 Å². The number of nitrogens with zero attached hydrogens (tertiary/aromatic N) is 2. The standard InChI is InChI=1S/C9H13ClN2O2/c1-7-2-3-11-8(10)12-6-14-9(7)4-13-5-9/h3,7H,2,4-6H2,1H3. The fourth-order valence-electron chi connectivity index (χ4n) is 1.57. The molecule has 78 valence electrons. The number of aliphatic imine (C=N–C) groups is 2. The van der Waals surface area contributed by atoms with Gasteiger partial charge in [0.15, 0.2) is 0 Å². The number of ether oxygens (including phenoxy) is 2. The molecule has 1 spiro atoms. The zero-order chi connectivity index (χ0) is 10.0. The quantitative estimate of drug-likeness (QED) is 0.575. The Kier molecular flexibility index (Phi) is 2.85. The van der Waals surface area contributed by atoms with Gasteiger partial charge in [-0.2, -0.15) is 0 Å². The molecule has 0 bridgehead atoms. The van der Waals surface area contributed by atoms with Crippen molar-refractivity contribution in [3.63, 3.8) is 0 Å². The van der Waals surface area contributed by atoms with Crippen molar-refractivity contribution in [1.82, 2.24) is 0 Å². The van der Waals surface area contributed by atoms with Gasteiger partial charge in [-0.3, -0.25) is 0 Å². The molecule has 1 unspecified atom stereocenters. The third kappa shape index (κ3) is 1.82. The van der Waals surface area contributed by atoms with Crippen molar-refractivity contribution in [2.24, 2.45) is 15.9 Å². The van der Waals surface area contributed by atoms with Crippen molar-refractivity contribution < 1.29 is 9.47 Å². The van der Waals surface area contributed by atoms with Gasteiger partial charge in [0, 0.05) is 6.21 Å². The van der Waals surface area contributed by atoms with Crippen molar-refractivity contribution in [3.8, 4) is 0 Å². The van der Waals surface area contributed by atoms with Gasteiger partial charge in [0.2, 0.25) is 5.29 Å². The highest BCUT2D eigenvalue weighted by atomic mass is 35.5. The largest absolute Gasteiger partial charge is 0.375 e. The van der Waals surface area contributed by atoms with Crippen molar-refractivity contribution in [2.45, 2.75) is 18.9 Å². The van der Waals surface area contributed by atoms with E-state index in [0.717, 1.165) is 6.42 Å². The molecule has 1 atom stereocenters. The Bertz CT molecular complexity index is 274. The molecule has 2 aliphatic heterocycles. The molecule has 0 saturated carbocycles. The molecular weight excluding hydrogens is 204 g/mol. The average molecular weight is 217 g/mol. The van der Waals surface area contributed by atoms with Crippen LogP contribution < -0.4 is 0 Å². The lowest BCUT2D eigenvalue weighted by atomic mass is 9.85. The summed E-state index contributed by atoms with van der Waals surface area (Å²) in [6.45, 7) is 3.70. The van der Waals surface area contributed by atoms with Crippen LogP contribution in [0.25, 0.3) is 0 Å². The molecule has 5 heteroatoms. The number of hydrogen-bond donors (Lipinski definition) is 0. The minimum absolute atomic E-state index is 0.170. The van der Waals surface area contributed by atoms with Gasteiger partial charge >= 0.3 is 0 Å². The van der Waals surface area contributed by atoms with Crippen LogP contribution in [0.5, 0.6) is 0 Å². The molecule has 0 radical (unpaired) electrons. The summed E-state index contributed by atoms with van der Waals surface area (Å²) in [6, 6.07) is 0. The molecule has 0 aromatic rings. The van der Waals surface area contributed by atoms with Crippen LogP contribution in [0.15, 0.2) is 9.98 Å². The van der Waals surface area contributed by atoms with Gasteiger partial charge < -0.3 is 9.47 Å². The second kappa shape index (κ2) is 3.96. The van der Waals surface area contributed by atoms with Crippen LogP contribution in [-0.2, 0) is 9.47 Å². The molecule has 14 heavy (non-hydrogen) atoms. The zero-order valence-electron chi connectivity index (χ0n) is 8.07. The van der Waals surface area contributed by atoms with E-state index < -0.39 is 0 Å². The lowest BCUT2D eigenvalue weighted by Gasteiger charge is -2.44. The summed E-state index contributed by atoms with van der Waals surface area (Å²) in [6.07, 6.45) is 2.64. The van der Waals surface area contributed by atoms with E-state index in [4.69, 9.17) is 21.1 Å². The van der Waals surface area contributed by atoms with Crippen LogP contribution in [0.1, 0.15) is 13.3 Å². The smallest absolute Gasteiger partial charge is 0.219 e. The van der Waals surface area contributed by atoms with Crippen molar-refractivity contribution >= 4 is 23.1 Å². The Morgan fingerprint density at radius 3 is 3.00 bits per heavy atom. The molecule has 2 rings (SSSR count). The minimum Gasteiger partial charge on any atom is -0.375 e. The number of amidine groups is 1. The molecular formula is C9H13ClN2O2. The van der Waals surface area contributed by atoms with Crippen LogP contribution >= 0.6 is 11.6 Å². The van der Waals surface area contributed by atoms with Gasteiger partial charge in [-0.25, -0.2) is 9.98 Å². The van der Waals surface area contributed by atoms with Gasteiger partial charge in [0.05, 0.1) is 13.2 Å². The summed E-state index contributed by atoms with van der Waals surface area (Å²) in [5.41, 5.74) is -0.170. The van der Waals surface area contributed by atoms with Gasteiger partial charge in [0.25, 0.3) is 0 Å². The first kappa shape index (κ1) is 10.1. The van der Waals surface area contributed by atoms with E-state index in [9.17, 15) is 0 Å². The molecule has 2 heterocycles. The summed E-state index contributed by atoms with van der Waals surface area (Å²) in [5.74, 6) is 0.387. The average Bonchev–Trinajstić information content (AvgIpc) is 2.14. The van der Waals surface area contributed by atoms with E-state index in [2.05, 4.69) is 16.9 Å². The maximum Gasteiger partial charge on any atom is 0.219 e. The summed E-state index contributed by atoms with van der Waals surface area (Å²) >= 11 is 5.71. The second-order valence-electron chi connectivity index (χ2n) is 3.71. The van der Waals surface area contributed by atoms with E-state index >= 15 is 0 Å². The molecule has 4 nitrogen and oxygen atoms in total. The Hall–Kier alpha value is -0.450. The first-order chi connectivity index (χ1) is 6.73. The highest BCUT2D eigenvalue weighted by Crippen LogP contribution is 2.32. The predicted molar refractivity (Wildman–Crippen MR) is 55.1 cm³/mol. The van der Waals surface area contributed by atoms with Crippen LogP contribution in [0.2, 0.25) is 0 Å². The maximum absolute atomic E-state index is 5.71. The van der Waals surface area contributed by atoms with E-state index in [1.54, 1.807) is 6.21 Å². The summed E-state index contributed by atoms with van der Waals surface area (Å²) in [7, 11) is 0. The summed E-state index contributed by atoms with van der Waals surface area (Å²) in [4.78, 5) is 7.95. The Labute approximate surface area is 88.0 Å². The first-order valence-corrected chi connectivity index (χ1v) is 5.05. The van der Waals surface area contributed by atoms with Crippen molar-refractivity contribution in [3.05, 3.63) is 0 Å². The monoisotopic (exact) mass is 216 g/mol. The van der Waals surface area contributed by atoms with Gasteiger partial charge in [-0.15, -0.1) is 0 Å². The molecule has 0 aromatic heterocycles. The molecule has 1 fully saturated rings. The highest BCUT2D eigenvalue weighted by molar-refractivity contribution is 6.65. The van der Waals surface area contributed by atoms with E-state index in [1.807, 2.05) is 0 Å². The fraction of sp³-hybridized carbons (Fsp3) is 0.778. The Balaban J connectivity index is 2.10. The number of rotatable bonds is 0. The highest BCUT2D eigenvalue weighted by Gasteiger charge is 2.44. The first-order valence-electron chi connectivity index (χ1n) is 4.67. The molecule has 0 N–H and O–H groups in total. The summed E-state index contributed by atoms with van der Waals surface area (Å²) in [5, 5.41) is 0.259. The van der Waals surface area contributed by atoms with Crippen LogP contribution in [0, 0.1) is 5.92 Å². The van der Waals surface area contributed by atoms with E-state index in [0.29, 0.717) is 19.1 Å². The molecule has 2 aliphatic rings. The van der Waals surface area contributed by atoms with Crippen LogP contribution in [-0.4, -0.2) is 37.1 Å². The lowest BCUT2D eigenvalue weighted by Crippen LogP contribution is -2.56. The molecule has 0 aromatic carbocycles.